The largest absolute Gasteiger partial charge is 0.496 e. The number of hydrogen-bond acceptors (Lipinski definition) is 5. The van der Waals surface area contributed by atoms with Gasteiger partial charge in [0.2, 0.25) is 0 Å². The SMILES string of the molecule is COc1ccc(C)cc1-c1csc(N)c1C(=O)OC1CCCCC1. The first-order valence-electron chi connectivity index (χ1n) is 8.33. The van der Waals surface area contributed by atoms with E-state index in [1.807, 2.05) is 30.5 Å². The fraction of sp³-hybridized carbons (Fsp3) is 0.421. The van der Waals surface area contributed by atoms with Crippen LogP contribution in [0.15, 0.2) is 23.6 Å². The van der Waals surface area contributed by atoms with Crippen molar-refractivity contribution in [2.24, 2.45) is 0 Å². The molecule has 0 bridgehead atoms. The molecule has 1 fully saturated rings. The van der Waals surface area contributed by atoms with Crippen LogP contribution in [0.5, 0.6) is 5.75 Å². The number of anilines is 1. The van der Waals surface area contributed by atoms with Crippen molar-refractivity contribution in [3.05, 3.63) is 34.7 Å². The summed E-state index contributed by atoms with van der Waals surface area (Å²) in [4.78, 5) is 12.7. The summed E-state index contributed by atoms with van der Waals surface area (Å²) in [5.41, 5.74) is 9.32. The standard InChI is InChI=1S/C19H23NO3S/c1-12-8-9-16(22-2)14(10-12)15-11-24-18(20)17(15)19(21)23-13-6-4-3-5-7-13/h8-11,13H,3-7,20H2,1-2H3. The molecule has 0 amide bonds. The van der Waals surface area contributed by atoms with Crippen LogP contribution < -0.4 is 10.5 Å². The van der Waals surface area contributed by atoms with Crippen molar-refractivity contribution in [2.45, 2.75) is 45.1 Å². The summed E-state index contributed by atoms with van der Waals surface area (Å²) in [5, 5.41) is 2.40. The fourth-order valence-corrected chi connectivity index (χ4v) is 4.01. The predicted octanol–water partition coefficient (Wildman–Crippen LogP) is 4.80. The average molecular weight is 345 g/mol. The summed E-state index contributed by atoms with van der Waals surface area (Å²) < 4.78 is 11.2. The van der Waals surface area contributed by atoms with E-state index in [-0.39, 0.29) is 12.1 Å². The van der Waals surface area contributed by atoms with Gasteiger partial charge in [0.15, 0.2) is 0 Å². The van der Waals surface area contributed by atoms with Crippen molar-refractivity contribution in [3.63, 3.8) is 0 Å². The lowest BCUT2D eigenvalue weighted by molar-refractivity contribution is 0.0214. The highest BCUT2D eigenvalue weighted by Crippen LogP contribution is 2.39. The Balaban J connectivity index is 1.94. The molecule has 0 aliphatic heterocycles. The van der Waals surface area contributed by atoms with Crippen LogP contribution in [-0.4, -0.2) is 19.2 Å². The number of aryl methyl sites for hydroxylation is 1. The summed E-state index contributed by atoms with van der Waals surface area (Å²) >= 11 is 1.36. The molecule has 0 radical (unpaired) electrons. The Morgan fingerprint density at radius 1 is 1.21 bits per heavy atom. The quantitative estimate of drug-likeness (QED) is 0.808. The minimum absolute atomic E-state index is 0.0119. The van der Waals surface area contributed by atoms with E-state index in [0.717, 1.165) is 48.1 Å². The number of rotatable bonds is 4. The number of ether oxygens (including phenoxy) is 2. The molecule has 5 heteroatoms. The zero-order valence-electron chi connectivity index (χ0n) is 14.1. The first kappa shape index (κ1) is 16.8. The third kappa shape index (κ3) is 3.41. The maximum Gasteiger partial charge on any atom is 0.342 e. The van der Waals surface area contributed by atoms with Crippen molar-refractivity contribution >= 4 is 22.3 Å². The van der Waals surface area contributed by atoms with Crippen molar-refractivity contribution < 1.29 is 14.3 Å². The molecule has 1 aromatic heterocycles. The van der Waals surface area contributed by atoms with Crippen LogP contribution in [0.2, 0.25) is 0 Å². The molecular formula is C19H23NO3S. The maximum absolute atomic E-state index is 12.7. The number of nitrogen functional groups attached to an aromatic ring is 1. The van der Waals surface area contributed by atoms with Crippen LogP contribution >= 0.6 is 11.3 Å². The van der Waals surface area contributed by atoms with Gasteiger partial charge >= 0.3 is 5.97 Å². The first-order chi connectivity index (χ1) is 11.6. The number of benzene rings is 1. The third-order valence-electron chi connectivity index (χ3n) is 4.49. The minimum atomic E-state index is -0.320. The van der Waals surface area contributed by atoms with Crippen molar-refractivity contribution in [3.8, 4) is 16.9 Å². The van der Waals surface area contributed by atoms with Gasteiger partial charge in [0, 0.05) is 16.5 Å². The average Bonchev–Trinajstić information content (AvgIpc) is 2.97. The van der Waals surface area contributed by atoms with E-state index in [4.69, 9.17) is 15.2 Å². The second-order valence-corrected chi connectivity index (χ2v) is 7.17. The van der Waals surface area contributed by atoms with Gasteiger partial charge in [0.05, 0.1) is 7.11 Å². The summed E-state index contributed by atoms with van der Waals surface area (Å²) in [6, 6.07) is 5.91. The van der Waals surface area contributed by atoms with E-state index >= 15 is 0 Å². The molecule has 128 valence electrons. The van der Waals surface area contributed by atoms with Gasteiger partial charge < -0.3 is 15.2 Å². The Morgan fingerprint density at radius 3 is 2.67 bits per heavy atom. The summed E-state index contributed by atoms with van der Waals surface area (Å²) in [7, 11) is 1.63. The molecule has 0 spiro atoms. The van der Waals surface area contributed by atoms with E-state index in [0.29, 0.717) is 10.6 Å². The monoisotopic (exact) mass is 345 g/mol. The molecule has 1 aromatic carbocycles. The molecule has 2 aromatic rings. The molecule has 1 heterocycles. The van der Waals surface area contributed by atoms with Crippen LogP contribution in [-0.2, 0) is 4.74 Å². The van der Waals surface area contributed by atoms with E-state index in [9.17, 15) is 4.79 Å². The Bertz CT molecular complexity index is 732. The molecule has 24 heavy (non-hydrogen) atoms. The van der Waals surface area contributed by atoms with Crippen molar-refractivity contribution in [2.75, 3.05) is 12.8 Å². The molecule has 4 nitrogen and oxygen atoms in total. The molecule has 0 saturated heterocycles. The van der Waals surface area contributed by atoms with E-state index in [2.05, 4.69) is 0 Å². The minimum Gasteiger partial charge on any atom is -0.496 e. The molecule has 1 aliphatic carbocycles. The van der Waals surface area contributed by atoms with Crippen LogP contribution in [0.25, 0.3) is 11.1 Å². The maximum atomic E-state index is 12.7. The van der Waals surface area contributed by atoms with Gasteiger partial charge in [-0.05, 0) is 44.7 Å². The van der Waals surface area contributed by atoms with Gasteiger partial charge in [0.1, 0.15) is 22.4 Å². The van der Waals surface area contributed by atoms with Gasteiger partial charge in [0.25, 0.3) is 0 Å². The molecule has 2 N–H and O–H groups in total. The Hall–Kier alpha value is -2.01. The van der Waals surface area contributed by atoms with Crippen LogP contribution in [0.1, 0.15) is 48.0 Å². The predicted molar refractivity (Wildman–Crippen MR) is 97.7 cm³/mol. The number of thiophene rings is 1. The van der Waals surface area contributed by atoms with Crippen molar-refractivity contribution in [1.29, 1.82) is 0 Å². The lowest BCUT2D eigenvalue weighted by atomic mass is 9.97. The second kappa shape index (κ2) is 7.26. The molecule has 3 rings (SSSR count). The molecule has 1 aliphatic rings. The van der Waals surface area contributed by atoms with Crippen molar-refractivity contribution in [1.82, 2.24) is 0 Å². The second-order valence-electron chi connectivity index (χ2n) is 6.26. The molecular weight excluding hydrogens is 322 g/mol. The smallest absolute Gasteiger partial charge is 0.342 e. The van der Waals surface area contributed by atoms with E-state index in [1.54, 1.807) is 7.11 Å². The normalized spacial score (nSPS) is 15.2. The highest BCUT2D eigenvalue weighted by atomic mass is 32.1. The Labute approximate surface area is 146 Å². The Kier molecular flexibility index (Phi) is 5.09. The summed E-state index contributed by atoms with van der Waals surface area (Å²) in [6.07, 6.45) is 5.36. The topological polar surface area (TPSA) is 61.5 Å². The lowest BCUT2D eigenvalue weighted by Crippen LogP contribution is -2.21. The molecule has 0 atom stereocenters. The third-order valence-corrected chi connectivity index (χ3v) is 5.31. The fourth-order valence-electron chi connectivity index (χ4n) is 3.21. The van der Waals surface area contributed by atoms with Gasteiger partial charge in [-0.1, -0.05) is 18.1 Å². The number of carbonyl (C=O) groups excluding carboxylic acids is 1. The van der Waals surface area contributed by atoms with E-state index in [1.165, 1.54) is 17.8 Å². The zero-order chi connectivity index (χ0) is 17.1. The molecule has 1 saturated carbocycles. The number of hydrogen-bond donors (Lipinski definition) is 1. The first-order valence-corrected chi connectivity index (χ1v) is 9.21. The highest BCUT2D eigenvalue weighted by molar-refractivity contribution is 7.15. The number of carbonyl (C=O) groups is 1. The van der Waals surface area contributed by atoms with Crippen LogP contribution in [0.4, 0.5) is 5.00 Å². The van der Waals surface area contributed by atoms with Gasteiger partial charge in [-0.2, -0.15) is 0 Å². The van der Waals surface area contributed by atoms with Gasteiger partial charge in [-0.15, -0.1) is 11.3 Å². The summed E-state index contributed by atoms with van der Waals surface area (Å²) in [5.74, 6) is 0.407. The highest BCUT2D eigenvalue weighted by Gasteiger charge is 2.25. The zero-order valence-corrected chi connectivity index (χ0v) is 14.9. The molecule has 0 unspecified atom stereocenters. The van der Waals surface area contributed by atoms with Crippen LogP contribution in [0.3, 0.4) is 0 Å². The summed E-state index contributed by atoms with van der Waals surface area (Å²) in [6.45, 7) is 2.01. The lowest BCUT2D eigenvalue weighted by Gasteiger charge is -2.22. The van der Waals surface area contributed by atoms with Gasteiger partial charge in [-0.3, -0.25) is 0 Å². The Morgan fingerprint density at radius 2 is 1.96 bits per heavy atom. The van der Waals surface area contributed by atoms with E-state index < -0.39 is 0 Å². The van der Waals surface area contributed by atoms with Gasteiger partial charge in [-0.25, -0.2) is 4.79 Å². The number of esters is 1. The number of nitrogens with two attached hydrogens (primary N) is 1. The number of methoxy groups -OCH3 is 1. The van der Waals surface area contributed by atoms with Crippen LogP contribution in [0, 0.1) is 6.92 Å².